The Bertz CT molecular complexity index is 534. The molecule has 114 valence electrons. The Morgan fingerprint density at radius 2 is 1.95 bits per heavy atom. The lowest BCUT2D eigenvalue weighted by molar-refractivity contribution is -0.131. The molecular weight excluding hydrogens is 338 g/mol. The monoisotopic (exact) mass is 355 g/mol. The summed E-state index contributed by atoms with van der Waals surface area (Å²) >= 11 is 3.46. The van der Waals surface area contributed by atoms with E-state index in [4.69, 9.17) is 14.6 Å². The predicted molar refractivity (Wildman–Crippen MR) is 84.6 cm³/mol. The van der Waals surface area contributed by atoms with E-state index >= 15 is 0 Å². The zero-order chi connectivity index (χ0) is 15.4. The van der Waals surface area contributed by atoms with Crippen LogP contribution in [-0.4, -0.2) is 50.6 Å². The molecule has 6 heteroatoms. The van der Waals surface area contributed by atoms with E-state index < -0.39 is 5.97 Å². The zero-order valence-electron chi connectivity index (χ0n) is 12.0. The summed E-state index contributed by atoms with van der Waals surface area (Å²) in [7, 11) is 3.35. The standard InChI is InChI=1S/C15H18BrNO4/c1-20-13-8-17(9-14(13)21-2)12-7-11(16)5-3-10(12)4-6-15(18)19/h3-7,13-14H,8-9H2,1-2H3,(H,18,19)/b6-4+. The van der Waals surface area contributed by atoms with Crippen molar-refractivity contribution < 1.29 is 19.4 Å². The average molecular weight is 356 g/mol. The number of anilines is 1. The number of halogens is 1. The summed E-state index contributed by atoms with van der Waals surface area (Å²) in [5.41, 5.74) is 1.82. The Kier molecular flexibility index (Phi) is 5.39. The summed E-state index contributed by atoms with van der Waals surface area (Å²) in [5, 5.41) is 8.80. The number of hydrogen-bond acceptors (Lipinski definition) is 4. The molecule has 2 unspecified atom stereocenters. The summed E-state index contributed by atoms with van der Waals surface area (Å²) in [4.78, 5) is 12.9. The van der Waals surface area contributed by atoms with Gasteiger partial charge in [-0.15, -0.1) is 0 Å². The summed E-state index contributed by atoms with van der Waals surface area (Å²) in [6.07, 6.45) is 2.76. The Balaban J connectivity index is 2.30. The molecule has 1 heterocycles. The van der Waals surface area contributed by atoms with E-state index in [9.17, 15) is 4.79 Å². The minimum absolute atomic E-state index is 0.00489. The second kappa shape index (κ2) is 7.06. The number of hydrogen-bond donors (Lipinski definition) is 1. The van der Waals surface area contributed by atoms with Gasteiger partial charge in [-0.25, -0.2) is 4.79 Å². The van der Waals surface area contributed by atoms with Crippen LogP contribution in [0.3, 0.4) is 0 Å². The second-order valence-corrected chi connectivity index (χ2v) is 5.74. The molecule has 0 saturated carbocycles. The number of carbonyl (C=O) groups is 1. The first-order valence-corrected chi connectivity index (χ1v) is 7.35. The normalized spacial score (nSPS) is 22.1. The highest BCUT2D eigenvalue weighted by atomic mass is 79.9. The third kappa shape index (κ3) is 3.84. The summed E-state index contributed by atoms with van der Waals surface area (Å²) < 4.78 is 11.8. The maximum atomic E-state index is 10.7. The number of nitrogens with zero attached hydrogens (tertiary/aromatic N) is 1. The number of rotatable bonds is 5. The average Bonchev–Trinajstić information content (AvgIpc) is 2.88. The Morgan fingerprint density at radius 3 is 2.48 bits per heavy atom. The van der Waals surface area contributed by atoms with Crippen LogP contribution >= 0.6 is 15.9 Å². The molecule has 1 aromatic carbocycles. The van der Waals surface area contributed by atoms with Crippen molar-refractivity contribution in [1.82, 2.24) is 0 Å². The largest absolute Gasteiger partial charge is 0.478 e. The van der Waals surface area contributed by atoms with E-state index in [1.807, 2.05) is 18.2 Å². The van der Waals surface area contributed by atoms with Gasteiger partial charge in [0, 0.05) is 43.5 Å². The van der Waals surface area contributed by atoms with Gasteiger partial charge < -0.3 is 19.5 Å². The molecule has 0 radical (unpaired) electrons. The topological polar surface area (TPSA) is 59.0 Å². The van der Waals surface area contributed by atoms with Gasteiger partial charge in [0.2, 0.25) is 0 Å². The molecule has 0 spiro atoms. The Labute approximate surface area is 132 Å². The maximum absolute atomic E-state index is 10.7. The highest BCUT2D eigenvalue weighted by Gasteiger charge is 2.33. The Morgan fingerprint density at radius 1 is 1.33 bits per heavy atom. The van der Waals surface area contributed by atoms with Crippen LogP contribution in [0.4, 0.5) is 5.69 Å². The van der Waals surface area contributed by atoms with E-state index in [-0.39, 0.29) is 12.2 Å². The van der Waals surface area contributed by atoms with E-state index in [0.29, 0.717) is 13.1 Å². The fourth-order valence-corrected chi connectivity index (χ4v) is 2.84. The van der Waals surface area contributed by atoms with Gasteiger partial charge in [0.25, 0.3) is 0 Å². The number of ether oxygens (including phenoxy) is 2. The van der Waals surface area contributed by atoms with Crippen molar-refractivity contribution in [3.8, 4) is 0 Å². The van der Waals surface area contributed by atoms with Crippen molar-refractivity contribution in [1.29, 1.82) is 0 Å². The van der Waals surface area contributed by atoms with Gasteiger partial charge in [0.1, 0.15) is 12.2 Å². The van der Waals surface area contributed by atoms with Crippen LogP contribution in [0.25, 0.3) is 6.08 Å². The summed E-state index contributed by atoms with van der Waals surface area (Å²) in [6.45, 7) is 1.42. The van der Waals surface area contributed by atoms with Gasteiger partial charge in [-0.05, 0) is 23.8 Å². The molecule has 5 nitrogen and oxygen atoms in total. The van der Waals surface area contributed by atoms with E-state index in [2.05, 4.69) is 20.8 Å². The van der Waals surface area contributed by atoms with Gasteiger partial charge in [0.15, 0.2) is 0 Å². The molecule has 0 aromatic heterocycles. The molecule has 0 bridgehead atoms. The van der Waals surface area contributed by atoms with Gasteiger partial charge in [-0.1, -0.05) is 22.0 Å². The lowest BCUT2D eigenvalue weighted by atomic mass is 10.1. The molecule has 1 aliphatic rings. The number of carboxylic acids is 1. The van der Waals surface area contributed by atoms with Gasteiger partial charge in [0.05, 0.1) is 0 Å². The van der Waals surface area contributed by atoms with Crippen LogP contribution in [0.2, 0.25) is 0 Å². The number of aliphatic carboxylic acids is 1. The second-order valence-electron chi connectivity index (χ2n) is 4.83. The van der Waals surface area contributed by atoms with Crippen molar-refractivity contribution >= 4 is 33.7 Å². The molecule has 1 saturated heterocycles. The van der Waals surface area contributed by atoms with E-state index in [0.717, 1.165) is 21.8 Å². The third-order valence-corrected chi connectivity index (χ3v) is 4.05. The number of benzene rings is 1. The van der Waals surface area contributed by atoms with Gasteiger partial charge in [-0.2, -0.15) is 0 Å². The van der Waals surface area contributed by atoms with Crippen LogP contribution in [-0.2, 0) is 14.3 Å². The first kappa shape index (κ1) is 16.0. The van der Waals surface area contributed by atoms with Crippen LogP contribution in [0, 0.1) is 0 Å². The molecule has 21 heavy (non-hydrogen) atoms. The summed E-state index contributed by atoms with van der Waals surface area (Å²) in [5.74, 6) is -0.963. The first-order chi connectivity index (χ1) is 10.0. The molecule has 2 atom stereocenters. The fourth-order valence-electron chi connectivity index (χ4n) is 2.49. The highest BCUT2D eigenvalue weighted by Crippen LogP contribution is 2.30. The first-order valence-electron chi connectivity index (χ1n) is 6.56. The molecule has 1 N–H and O–H groups in total. The van der Waals surface area contributed by atoms with Gasteiger partial charge in [-0.3, -0.25) is 0 Å². The smallest absolute Gasteiger partial charge is 0.328 e. The quantitative estimate of drug-likeness (QED) is 0.821. The van der Waals surface area contributed by atoms with Crippen molar-refractivity contribution in [2.24, 2.45) is 0 Å². The minimum Gasteiger partial charge on any atom is -0.478 e. The number of methoxy groups -OCH3 is 2. The van der Waals surface area contributed by atoms with Crippen molar-refractivity contribution in [3.63, 3.8) is 0 Å². The summed E-state index contributed by atoms with van der Waals surface area (Å²) in [6, 6.07) is 5.76. The zero-order valence-corrected chi connectivity index (χ0v) is 13.5. The van der Waals surface area contributed by atoms with E-state index in [1.165, 1.54) is 0 Å². The molecular formula is C15H18BrNO4. The molecule has 1 aromatic rings. The van der Waals surface area contributed by atoms with Gasteiger partial charge >= 0.3 is 5.97 Å². The lowest BCUT2D eigenvalue weighted by Gasteiger charge is -2.21. The van der Waals surface area contributed by atoms with E-state index in [1.54, 1.807) is 20.3 Å². The molecule has 1 aliphatic heterocycles. The van der Waals surface area contributed by atoms with Crippen LogP contribution in [0.5, 0.6) is 0 Å². The fraction of sp³-hybridized carbons (Fsp3) is 0.400. The maximum Gasteiger partial charge on any atom is 0.328 e. The SMILES string of the molecule is COC1CN(c2cc(Br)ccc2/C=C/C(=O)O)CC1OC. The molecule has 0 amide bonds. The number of carboxylic acid groups (broad SMARTS) is 1. The minimum atomic E-state index is -0.963. The molecule has 0 aliphatic carbocycles. The van der Waals surface area contributed by atoms with Crippen LogP contribution in [0.15, 0.2) is 28.7 Å². The molecule has 1 fully saturated rings. The third-order valence-electron chi connectivity index (χ3n) is 3.56. The van der Waals surface area contributed by atoms with Crippen molar-refractivity contribution in [2.45, 2.75) is 12.2 Å². The predicted octanol–water partition coefficient (Wildman–Crippen LogP) is 2.40. The highest BCUT2D eigenvalue weighted by molar-refractivity contribution is 9.10. The van der Waals surface area contributed by atoms with Crippen LogP contribution < -0.4 is 4.90 Å². The van der Waals surface area contributed by atoms with Crippen LogP contribution in [0.1, 0.15) is 5.56 Å². The Hall–Kier alpha value is -1.37. The molecule has 2 rings (SSSR count). The van der Waals surface area contributed by atoms with Crippen molar-refractivity contribution in [3.05, 3.63) is 34.3 Å². The van der Waals surface area contributed by atoms with Crippen molar-refractivity contribution in [2.75, 3.05) is 32.2 Å². The lowest BCUT2D eigenvalue weighted by Crippen LogP contribution is -2.27.